The van der Waals surface area contributed by atoms with Gasteiger partial charge in [-0.3, -0.25) is 0 Å². The summed E-state index contributed by atoms with van der Waals surface area (Å²) in [5.74, 6) is 1.01. The van der Waals surface area contributed by atoms with Gasteiger partial charge < -0.3 is 14.2 Å². The average Bonchev–Trinajstić information content (AvgIpc) is 3.14. The Morgan fingerprint density at radius 3 is 2.38 bits per heavy atom. The Hall–Kier alpha value is -3.86. The fourth-order valence-electron chi connectivity index (χ4n) is 2.93. The van der Waals surface area contributed by atoms with Gasteiger partial charge in [-0.25, -0.2) is 9.79 Å². The summed E-state index contributed by atoms with van der Waals surface area (Å²) in [7, 11) is 1.59. The molecular weight excluding hydrogens is 366 g/mol. The number of hydrogen-bond acceptors (Lipinski definition) is 5. The molecule has 0 N–H and O–H groups in total. The average molecular weight is 385 g/mol. The second kappa shape index (κ2) is 8.44. The summed E-state index contributed by atoms with van der Waals surface area (Å²) in [6.07, 6.45) is 1.69. The van der Waals surface area contributed by atoms with Crippen LogP contribution in [0.2, 0.25) is 0 Å². The third-order valence-electron chi connectivity index (χ3n) is 4.37. The lowest BCUT2D eigenvalue weighted by molar-refractivity contribution is -0.130. The first-order chi connectivity index (χ1) is 14.2. The Balaban J connectivity index is 1.53. The van der Waals surface area contributed by atoms with Crippen LogP contribution in [0.4, 0.5) is 0 Å². The van der Waals surface area contributed by atoms with E-state index in [9.17, 15) is 4.79 Å². The van der Waals surface area contributed by atoms with Crippen LogP contribution < -0.4 is 9.47 Å². The van der Waals surface area contributed by atoms with Crippen LogP contribution in [0.25, 0.3) is 6.08 Å². The predicted molar refractivity (Wildman–Crippen MR) is 111 cm³/mol. The highest BCUT2D eigenvalue weighted by atomic mass is 16.6. The minimum Gasteiger partial charge on any atom is -0.493 e. The van der Waals surface area contributed by atoms with E-state index < -0.39 is 5.97 Å². The second-order valence-electron chi connectivity index (χ2n) is 6.38. The number of carbonyl (C=O) groups is 1. The van der Waals surface area contributed by atoms with Gasteiger partial charge >= 0.3 is 5.97 Å². The molecule has 0 saturated heterocycles. The maximum Gasteiger partial charge on any atom is 0.364 e. The molecule has 0 radical (unpaired) electrons. The van der Waals surface area contributed by atoms with Gasteiger partial charge in [0.2, 0.25) is 5.88 Å². The van der Waals surface area contributed by atoms with Gasteiger partial charge in [0.1, 0.15) is 6.61 Å². The lowest BCUT2D eigenvalue weighted by atomic mass is 10.1. The highest BCUT2D eigenvalue weighted by Gasteiger charge is 2.24. The molecule has 144 valence electrons. The molecule has 5 nitrogen and oxygen atoms in total. The maximum atomic E-state index is 12.1. The molecule has 1 aliphatic heterocycles. The first-order valence-corrected chi connectivity index (χ1v) is 9.16. The number of aliphatic imine (C=N–C) groups is 1. The molecule has 0 spiro atoms. The number of esters is 1. The molecule has 0 unspecified atom stereocenters. The third kappa shape index (κ3) is 4.35. The van der Waals surface area contributed by atoms with E-state index in [1.165, 1.54) is 0 Å². The molecule has 1 heterocycles. The summed E-state index contributed by atoms with van der Waals surface area (Å²) in [6, 6.07) is 24.7. The van der Waals surface area contributed by atoms with Crippen LogP contribution in [0, 0.1) is 0 Å². The fraction of sp³-hybridized carbons (Fsp3) is 0.0833. The van der Waals surface area contributed by atoms with Crippen molar-refractivity contribution in [2.45, 2.75) is 6.61 Å². The highest BCUT2D eigenvalue weighted by molar-refractivity contribution is 6.45. The molecule has 5 heteroatoms. The van der Waals surface area contributed by atoms with Crippen molar-refractivity contribution in [1.82, 2.24) is 0 Å². The monoisotopic (exact) mass is 385 g/mol. The Labute approximate surface area is 168 Å². The molecule has 0 saturated carbocycles. The number of rotatable bonds is 6. The van der Waals surface area contributed by atoms with Gasteiger partial charge in [0.05, 0.1) is 7.11 Å². The SMILES string of the molecule is COc1cc(/C=C2\N=C(c3ccccc3)C(=O)O2)ccc1OCc1ccccc1. The summed E-state index contributed by atoms with van der Waals surface area (Å²) in [5, 5.41) is 0. The van der Waals surface area contributed by atoms with Crippen LogP contribution in [0.3, 0.4) is 0 Å². The number of benzene rings is 3. The summed E-state index contributed by atoms with van der Waals surface area (Å²) in [4.78, 5) is 16.5. The Bertz CT molecular complexity index is 1070. The largest absolute Gasteiger partial charge is 0.493 e. The van der Waals surface area contributed by atoms with Crippen molar-refractivity contribution in [2.75, 3.05) is 7.11 Å². The Morgan fingerprint density at radius 1 is 0.931 bits per heavy atom. The van der Waals surface area contributed by atoms with E-state index in [2.05, 4.69) is 4.99 Å². The maximum absolute atomic E-state index is 12.1. The van der Waals surface area contributed by atoms with Crippen molar-refractivity contribution < 1.29 is 19.0 Å². The van der Waals surface area contributed by atoms with Gasteiger partial charge in [0.15, 0.2) is 17.2 Å². The first-order valence-electron chi connectivity index (χ1n) is 9.16. The van der Waals surface area contributed by atoms with Gasteiger partial charge in [-0.15, -0.1) is 0 Å². The highest BCUT2D eigenvalue weighted by Crippen LogP contribution is 2.30. The molecule has 0 atom stereocenters. The number of cyclic esters (lactones) is 1. The van der Waals surface area contributed by atoms with Crippen molar-refractivity contribution in [3.05, 3.63) is 101 Å². The zero-order valence-electron chi connectivity index (χ0n) is 15.9. The Kier molecular flexibility index (Phi) is 5.38. The van der Waals surface area contributed by atoms with Gasteiger partial charge in [-0.1, -0.05) is 66.7 Å². The third-order valence-corrected chi connectivity index (χ3v) is 4.37. The van der Waals surface area contributed by atoms with Gasteiger partial charge in [0.25, 0.3) is 0 Å². The molecule has 0 fully saturated rings. The molecule has 1 aliphatic rings. The van der Waals surface area contributed by atoms with Crippen LogP contribution >= 0.6 is 0 Å². The minimum absolute atomic E-state index is 0.244. The molecule has 4 rings (SSSR count). The van der Waals surface area contributed by atoms with Crippen molar-refractivity contribution >= 4 is 17.8 Å². The molecule has 0 bridgehead atoms. The minimum atomic E-state index is -0.461. The molecule has 29 heavy (non-hydrogen) atoms. The standard InChI is InChI=1S/C24H19NO4/c1-27-21-14-18(12-13-20(21)28-16-17-8-4-2-5-9-17)15-22-25-23(24(26)29-22)19-10-6-3-7-11-19/h2-15H,16H2,1H3/b22-15+. The van der Waals surface area contributed by atoms with Crippen molar-refractivity contribution in [2.24, 2.45) is 4.99 Å². The smallest absolute Gasteiger partial charge is 0.364 e. The summed E-state index contributed by atoms with van der Waals surface area (Å²) in [6.45, 7) is 0.444. The van der Waals surface area contributed by atoms with Crippen molar-refractivity contribution in [3.8, 4) is 11.5 Å². The summed E-state index contributed by atoms with van der Waals surface area (Å²) in [5.41, 5.74) is 2.88. The van der Waals surface area contributed by atoms with Crippen LogP contribution in [-0.4, -0.2) is 18.8 Å². The normalized spacial score (nSPS) is 14.4. The van der Waals surface area contributed by atoms with Crippen LogP contribution in [0.15, 0.2) is 89.7 Å². The topological polar surface area (TPSA) is 57.1 Å². The molecule has 3 aromatic rings. The number of carbonyl (C=O) groups excluding carboxylic acids is 1. The van der Waals surface area contributed by atoms with Gasteiger partial charge in [-0.2, -0.15) is 0 Å². The van der Waals surface area contributed by atoms with Crippen LogP contribution in [0.1, 0.15) is 16.7 Å². The second-order valence-corrected chi connectivity index (χ2v) is 6.38. The zero-order chi connectivity index (χ0) is 20.1. The predicted octanol–water partition coefficient (Wildman–Crippen LogP) is 4.62. The Morgan fingerprint density at radius 2 is 1.66 bits per heavy atom. The zero-order valence-corrected chi connectivity index (χ0v) is 15.9. The van der Waals surface area contributed by atoms with Crippen LogP contribution in [-0.2, 0) is 16.1 Å². The van der Waals surface area contributed by atoms with E-state index >= 15 is 0 Å². The number of ether oxygens (including phenoxy) is 3. The first kappa shape index (κ1) is 18.5. The number of methoxy groups -OCH3 is 1. The molecular formula is C24H19NO4. The lowest BCUT2D eigenvalue weighted by Gasteiger charge is -2.11. The van der Waals surface area contributed by atoms with E-state index in [0.29, 0.717) is 23.8 Å². The molecule has 3 aromatic carbocycles. The van der Waals surface area contributed by atoms with E-state index in [-0.39, 0.29) is 5.88 Å². The van der Waals surface area contributed by atoms with E-state index in [4.69, 9.17) is 14.2 Å². The number of nitrogens with zero attached hydrogens (tertiary/aromatic N) is 1. The molecule has 0 aliphatic carbocycles. The number of hydrogen-bond donors (Lipinski definition) is 0. The quantitative estimate of drug-likeness (QED) is 0.581. The van der Waals surface area contributed by atoms with Crippen molar-refractivity contribution in [1.29, 1.82) is 0 Å². The fourth-order valence-corrected chi connectivity index (χ4v) is 2.93. The molecule has 0 amide bonds. The van der Waals surface area contributed by atoms with Crippen LogP contribution in [0.5, 0.6) is 11.5 Å². The lowest BCUT2D eigenvalue weighted by Crippen LogP contribution is -2.10. The van der Waals surface area contributed by atoms with Gasteiger partial charge in [0, 0.05) is 11.6 Å². The van der Waals surface area contributed by atoms with E-state index in [0.717, 1.165) is 16.7 Å². The van der Waals surface area contributed by atoms with E-state index in [1.807, 2.05) is 78.9 Å². The summed E-state index contributed by atoms with van der Waals surface area (Å²) >= 11 is 0. The molecule has 0 aromatic heterocycles. The van der Waals surface area contributed by atoms with Crippen molar-refractivity contribution in [3.63, 3.8) is 0 Å². The van der Waals surface area contributed by atoms with Gasteiger partial charge in [-0.05, 0) is 23.3 Å². The summed E-state index contributed by atoms with van der Waals surface area (Å²) < 4.78 is 16.6. The van der Waals surface area contributed by atoms with E-state index in [1.54, 1.807) is 13.2 Å².